The van der Waals surface area contributed by atoms with Crippen LogP contribution >= 0.6 is 11.6 Å². The predicted octanol–water partition coefficient (Wildman–Crippen LogP) is 3.39. The van der Waals surface area contributed by atoms with Gasteiger partial charge < -0.3 is 9.64 Å². The fourth-order valence-electron chi connectivity index (χ4n) is 2.36. The zero-order valence-electron chi connectivity index (χ0n) is 11.5. The van der Waals surface area contributed by atoms with E-state index in [2.05, 4.69) is 18.7 Å². The standard InChI is InChI=1S/C14H28ClNO/c1-13(2)6-10-17-11-9-16-8-3-4-14(12-16)5-7-15/h13-14H,3-12H2,1-2H3. The second-order valence-electron chi connectivity index (χ2n) is 5.58. The van der Waals surface area contributed by atoms with Crippen LogP contribution in [0.3, 0.4) is 0 Å². The van der Waals surface area contributed by atoms with Gasteiger partial charge in [0.15, 0.2) is 0 Å². The number of piperidine rings is 1. The molecule has 102 valence electrons. The van der Waals surface area contributed by atoms with E-state index in [1.54, 1.807) is 0 Å². The van der Waals surface area contributed by atoms with Crippen molar-refractivity contribution in [3.63, 3.8) is 0 Å². The van der Waals surface area contributed by atoms with Gasteiger partial charge in [-0.3, -0.25) is 0 Å². The lowest BCUT2D eigenvalue weighted by Gasteiger charge is -2.32. The summed E-state index contributed by atoms with van der Waals surface area (Å²) < 4.78 is 5.67. The van der Waals surface area contributed by atoms with Crippen LogP contribution < -0.4 is 0 Å². The number of hydrogen-bond donors (Lipinski definition) is 0. The van der Waals surface area contributed by atoms with Crippen LogP contribution in [-0.4, -0.2) is 43.6 Å². The number of rotatable bonds is 8. The Kier molecular flexibility index (Phi) is 8.25. The first-order chi connectivity index (χ1) is 8.22. The molecule has 1 aliphatic heterocycles. The minimum absolute atomic E-state index is 0.748. The first-order valence-electron chi connectivity index (χ1n) is 7.08. The van der Waals surface area contributed by atoms with Crippen LogP contribution in [0.1, 0.15) is 39.5 Å². The lowest BCUT2D eigenvalue weighted by Crippen LogP contribution is -2.37. The van der Waals surface area contributed by atoms with Crippen LogP contribution in [0.4, 0.5) is 0 Å². The van der Waals surface area contributed by atoms with Gasteiger partial charge in [-0.25, -0.2) is 0 Å². The van der Waals surface area contributed by atoms with Crippen molar-refractivity contribution in [2.24, 2.45) is 11.8 Å². The molecule has 1 saturated heterocycles. The molecule has 0 radical (unpaired) electrons. The molecule has 0 N–H and O–H groups in total. The molecule has 2 nitrogen and oxygen atoms in total. The highest BCUT2D eigenvalue weighted by Crippen LogP contribution is 2.19. The normalized spacial score (nSPS) is 22.2. The number of alkyl halides is 1. The highest BCUT2D eigenvalue weighted by atomic mass is 35.5. The molecule has 0 spiro atoms. The summed E-state index contributed by atoms with van der Waals surface area (Å²) in [5.74, 6) is 2.37. The minimum atomic E-state index is 0.748. The quantitative estimate of drug-likeness (QED) is 0.491. The Bertz CT molecular complexity index is 185. The van der Waals surface area contributed by atoms with Crippen molar-refractivity contribution in [2.45, 2.75) is 39.5 Å². The van der Waals surface area contributed by atoms with Crippen molar-refractivity contribution < 1.29 is 4.74 Å². The largest absolute Gasteiger partial charge is 0.380 e. The highest BCUT2D eigenvalue weighted by molar-refractivity contribution is 6.17. The maximum Gasteiger partial charge on any atom is 0.0593 e. The summed E-state index contributed by atoms with van der Waals surface area (Å²) in [4.78, 5) is 2.54. The molecule has 1 rings (SSSR count). The molecular weight excluding hydrogens is 234 g/mol. The van der Waals surface area contributed by atoms with E-state index in [-0.39, 0.29) is 0 Å². The highest BCUT2D eigenvalue weighted by Gasteiger charge is 2.18. The predicted molar refractivity (Wildman–Crippen MR) is 74.8 cm³/mol. The summed E-state index contributed by atoms with van der Waals surface area (Å²) in [6.07, 6.45) is 5.03. The van der Waals surface area contributed by atoms with Crippen LogP contribution in [0.15, 0.2) is 0 Å². The van der Waals surface area contributed by atoms with Crippen molar-refractivity contribution >= 4 is 11.6 Å². The fourth-order valence-corrected chi connectivity index (χ4v) is 2.67. The summed E-state index contributed by atoms with van der Waals surface area (Å²) >= 11 is 5.81. The molecule has 0 saturated carbocycles. The Labute approximate surface area is 112 Å². The second kappa shape index (κ2) is 9.18. The smallest absolute Gasteiger partial charge is 0.0593 e. The van der Waals surface area contributed by atoms with Gasteiger partial charge in [0.1, 0.15) is 0 Å². The van der Waals surface area contributed by atoms with Crippen molar-refractivity contribution in [1.29, 1.82) is 0 Å². The van der Waals surface area contributed by atoms with E-state index in [0.29, 0.717) is 0 Å². The molecule has 0 aliphatic carbocycles. The molecule has 1 atom stereocenters. The zero-order valence-corrected chi connectivity index (χ0v) is 12.2. The first-order valence-corrected chi connectivity index (χ1v) is 7.62. The molecule has 0 amide bonds. The lowest BCUT2D eigenvalue weighted by atomic mass is 9.96. The van der Waals surface area contributed by atoms with Crippen LogP contribution in [0.25, 0.3) is 0 Å². The second-order valence-corrected chi connectivity index (χ2v) is 5.96. The van der Waals surface area contributed by atoms with Gasteiger partial charge in [-0.1, -0.05) is 13.8 Å². The number of ether oxygens (including phenoxy) is 1. The molecule has 3 heteroatoms. The Hall–Kier alpha value is 0.210. The molecule has 0 aromatic carbocycles. The van der Waals surface area contributed by atoms with E-state index in [1.807, 2.05) is 0 Å². The van der Waals surface area contributed by atoms with E-state index < -0.39 is 0 Å². The molecule has 0 bridgehead atoms. The van der Waals surface area contributed by atoms with Crippen molar-refractivity contribution in [3.05, 3.63) is 0 Å². The van der Waals surface area contributed by atoms with E-state index in [4.69, 9.17) is 16.3 Å². The van der Waals surface area contributed by atoms with Crippen molar-refractivity contribution in [3.8, 4) is 0 Å². The van der Waals surface area contributed by atoms with Crippen LogP contribution in [0, 0.1) is 11.8 Å². The van der Waals surface area contributed by atoms with Crippen LogP contribution in [0.5, 0.6) is 0 Å². The molecule has 1 unspecified atom stereocenters. The molecule has 0 aromatic heterocycles. The van der Waals surface area contributed by atoms with Crippen LogP contribution in [-0.2, 0) is 4.74 Å². The third kappa shape index (κ3) is 7.28. The van der Waals surface area contributed by atoms with Gasteiger partial charge in [0.2, 0.25) is 0 Å². The van der Waals surface area contributed by atoms with Crippen LogP contribution in [0.2, 0.25) is 0 Å². The fraction of sp³-hybridized carbons (Fsp3) is 1.00. The van der Waals surface area contributed by atoms with Crippen molar-refractivity contribution in [1.82, 2.24) is 4.90 Å². The van der Waals surface area contributed by atoms with E-state index in [0.717, 1.165) is 37.5 Å². The number of halogens is 1. The lowest BCUT2D eigenvalue weighted by molar-refractivity contribution is 0.0790. The Balaban J connectivity index is 2.02. The summed E-state index contributed by atoms with van der Waals surface area (Å²) in [6.45, 7) is 9.84. The number of nitrogens with zero attached hydrogens (tertiary/aromatic N) is 1. The first kappa shape index (κ1) is 15.3. The zero-order chi connectivity index (χ0) is 12.5. The third-order valence-electron chi connectivity index (χ3n) is 3.51. The molecule has 1 heterocycles. The molecule has 1 fully saturated rings. The van der Waals surface area contributed by atoms with Gasteiger partial charge in [-0.2, -0.15) is 0 Å². The summed E-state index contributed by atoms with van der Waals surface area (Å²) in [5, 5.41) is 0. The minimum Gasteiger partial charge on any atom is -0.380 e. The summed E-state index contributed by atoms with van der Waals surface area (Å²) in [6, 6.07) is 0. The van der Waals surface area contributed by atoms with E-state index in [9.17, 15) is 0 Å². The number of hydrogen-bond acceptors (Lipinski definition) is 2. The Morgan fingerprint density at radius 2 is 2.18 bits per heavy atom. The Morgan fingerprint density at radius 3 is 2.88 bits per heavy atom. The van der Waals surface area contributed by atoms with Gasteiger partial charge in [-0.05, 0) is 44.1 Å². The van der Waals surface area contributed by atoms with Gasteiger partial charge in [0.25, 0.3) is 0 Å². The van der Waals surface area contributed by atoms with Gasteiger partial charge in [0.05, 0.1) is 6.61 Å². The van der Waals surface area contributed by atoms with Gasteiger partial charge in [0, 0.05) is 25.6 Å². The summed E-state index contributed by atoms with van der Waals surface area (Å²) in [5.41, 5.74) is 0. The SMILES string of the molecule is CC(C)CCOCCN1CCCC(CCCl)C1. The third-order valence-corrected chi connectivity index (χ3v) is 3.73. The molecule has 1 aliphatic rings. The average Bonchev–Trinajstić information content (AvgIpc) is 2.29. The average molecular weight is 262 g/mol. The monoisotopic (exact) mass is 261 g/mol. The molecule has 17 heavy (non-hydrogen) atoms. The molecule has 0 aromatic rings. The summed E-state index contributed by atoms with van der Waals surface area (Å²) in [7, 11) is 0. The van der Waals surface area contributed by atoms with E-state index in [1.165, 1.54) is 38.8 Å². The Morgan fingerprint density at radius 1 is 1.35 bits per heavy atom. The number of likely N-dealkylation sites (tertiary alicyclic amines) is 1. The van der Waals surface area contributed by atoms with Crippen molar-refractivity contribution in [2.75, 3.05) is 38.7 Å². The van der Waals surface area contributed by atoms with Gasteiger partial charge in [-0.15, -0.1) is 11.6 Å². The maximum atomic E-state index is 5.81. The van der Waals surface area contributed by atoms with Gasteiger partial charge >= 0.3 is 0 Å². The molecular formula is C14H28ClNO. The maximum absolute atomic E-state index is 5.81. The topological polar surface area (TPSA) is 12.5 Å². The van der Waals surface area contributed by atoms with E-state index >= 15 is 0 Å².